The van der Waals surface area contributed by atoms with E-state index in [4.69, 9.17) is 4.12 Å². The predicted molar refractivity (Wildman–Crippen MR) is 98.1 cm³/mol. The first-order chi connectivity index (χ1) is 10.2. The van der Waals surface area contributed by atoms with Gasteiger partial charge in [0.2, 0.25) is 0 Å². The van der Waals surface area contributed by atoms with Crippen LogP contribution in [0.25, 0.3) is 12.2 Å². The summed E-state index contributed by atoms with van der Waals surface area (Å²) in [7, 11) is -2.30. The molecule has 0 spiro atoms. The average Bonchev–Trinajstić information content (AvgIpc) is 2.52. The molecule has 0 saturated carbocycles. The Balaban J connectivity index is 1.84. The van der Waals surface area contributed by atoms with Crippen LogP contribution in [0.15, 0.2) is 72.1 Å². The molecule has 2 aromatic carbocycles. The Labute approximate surface area is 131 Å². The van der Waals surface area contributed by atoms with Crippen molar-refractivity contribution in [1.82, 2.24) is 0 Å². The van der Waals surface area contributed by atoms with Crippen LogP contribution in [-0.4, -0.2) is 18.1 Å². The molecule has 2 aromatic rings. The lowest BCUT2D eigenvalue weighted by Crippen LogP contribution is -2.29. The highest BCUT2D eigenvalue weighted by molar-refractivity contribution is 6.80. The van der Waals surface area contributed by atoms with Crippen LogP contribution in [0.1, 0.15) is 11.1 Å². The highest BCUT2D eigenvalue weighted by Crippen LogP contribution is 2.10. The second kappa shape index (κ2) is 7.93. The van der Waals surface area contributed by atoms with E-state index >= 15 is 0 Å². The minimum Gasteiger partial charge on any atom is -0.454 e. The Bertz CT molecular complexity index is 589. The maximum atomic E-state index is 6.18. The third-order valence-electron chi connectivity index (χ3n) is 3.14. The summed E-state index contributed by atoms with van der Waals surface area (Å²) >= 11 is 0. The fraction of sp³-hybridized carbons (Fsp3) is 0.111. The number of hydrogen-bond acceptors (Lipinski definition) is 1. The lowest BCUT2D eigenvalue weighted by molar-refractivity contribution is 0.614. The van der Waals surface area contributed by atoms with Crippen LogP contribution in [0.5, 0.6) is 0 Å². The van der Waals surface area contributed by atoms with Crippen molar-refractivity contribution in [2.24, 2.45) is 0 Å². The molecular weight excluding hydrogens is 288 g/mol. The van der Waals surface area contributed by atoms with Crippen LogP contribution in [0.3, 0.4) is 0 Å². The van der Waals surface area contributed by atoms with Crippen molar-refractivity contribution in [3.8, 4) is 0 Å². The van der Waals surface area contributed by atoms with Crippen LogP contribution in [0, 0.1) is 0 Å². The van der Waals surface area contributed by atoms with Crippen molar-refractivity contribution in [2.75, 3.05) is 0 Å². The highest BCUT2D eigenvalue weighted by atomic mass is 28.4. The molecule has 0 amide bonds. The Morgan fingerprint density at radius 3 is 1.90 bits per heavy atom. The first-order valence-corrected chi connectivity index (χ1v) is 11.6. The molecule has 108 valence electrons. The molecule has 0 bridgehead atoms. The normalized spacial score (nSPS) is 12.9. The van der Waals surface area contributed by atoms with Crippen LogP contribution < -0.4 is 0 Å². The third-order valence-corrected chi connectivity index (χ3v) is 8.18. The van der Waals surface area contributed by atoms with E-state index in [9.17, 15) is 0 Å². The standard InChI is InChI=1S/C18H22OSi2/c1-21(2,16-14-18-11-7-4-8-12-18)19-20-15-13-17-9-5-3-6-10-17/h3-16H,20H2,1-2H3. The first-order valence-electron chi connectivity index (χ1n) is 7.26. The molecule has 21 heavy (non-hydrogen) atoms. The minimum absolute atomic E-state index is 0.607. The molecular formula is C18H22OSi2. The summed E-state index contributed by atoms with van der Waals surface area (Å²) in [6.07, 6.45) is 4.35. The first kappa shape index (κ1) is 15.7. The molecule has 0 fully saturated rings. The fourth-order valence-electron chi connectivity index (χ4n) is 1.92. The molecule has 2 rings (SSSR count). The van der Waals surface area contributed by atoms with Gasteiger partial charge in [0.25, 0.3) is 0 Å². The van der Waals surface area contributed by atoms with Gasteiger partial charge in [-0.3, -0.25) is 0 Å². The third kappa shape index (κ3) is 6.08. The topological polar surface area (TPSA) is 9.23 Å². The largest absolute Gasteiger partial charge is 0.454 e. The Kier molecular flexibility index (Phi) is 5.93. The van der Waals surface area contributed by atoms with Crippen molar-refractivity contribution in [2.45, 2.75) is 13.1 Å². The molecule has 0 atom stereocenters. The molecule has 3 heteroatoms. The summed E-state index contributed by atoms with van der Waals surface area (Å²) < 4.78 is 6.18. The molecule has 0 heterocycles. The fourth-order valence-corrected chi connectivity index (χ4v) is 5.37. The summed E-state index contributed by atoms with van der Waals surface area (Å²) in [5, 5.41) is 0. The van der Waals surface area contributed by atoms with Crippen LogP contribution in [-0.2, 0) is 4.12 Å². The molecule has 1 nitrogen and oxygen atoms in total. The maximum Gasteiger partial charge on any atom is 0.198 e. The highest BCUT2D eigenvalue weighted by Gasteiger charge is 2.16. The lowest BCUT2D eigenvalue weighted by atomic mass is 10.2. The van der Waals surface area contributed by atoms with Gasteiger partial charge < -0.3 is 4.12 Å². The Morgan fingerprint density at radius 2 is 1.33 bits per heavy atom. The van der Waals surface area contributed by atoms with Crippen molar-refractivity contribution in [3.05, 3.63) is 83.2 Å². The van der Waals surface area contributed by atoms with Gasteiger partial charge >= 0.3 is 0 Å². The maximum absolute atomic E-state index is 6.18. The van der Waals surface area contributed by atoms with E-state index in [1.54, 1.807) is 0 Å². The summed E-state index contributed by atoms with van der Waals surface area (Å²) in [4.78, 5) is 0. The van der Waals surface area contributed by atoms with E-state index in [0.29, 0.717) is 0 Å². The molecule has 0 N–H and O–H groups in total. The summed E-state index contributed by atoms with van der Waals surface area (Å²) in [5.74, 6) is 0. The van der Waals surface area contributed by atoms with Crippen LogP contribution >= 0.6 is 0 Å². The smallest absolute Gasteiger partial charge is 0.198 e. The summed E-state index contributed by atoms with van der Waals surface area (Å²) in [5.41, 5.74) is 6.97. The van der Waals surface area contributed by atoms with Gasteiger partial charge in [-0.2, -0.15) is 0 Å². The van der Waals surface area contributed by atoms with E-state index in [2.05, 4.69) is 85.2 Å². The molecule has 0 radical (unpaired) electrons. The van der Waals surface area contributed by atoms with Crippen molar-refractivity contribution < 1.29 is 4.12 Å². The summed E-state index contributed by atoms with van der Waals surface area (Å²) in [6, 6.07) is 20.8. The summed E-state index contributed by atoms with van der Waals surface area (Å²) in [6.45, 7) is 4.49. The van der Waals surface area contributed by atoms with Gasteiger partial charge in [0.05, 0.1) is 0 Å². The van der Waals surface area contributed by atoms with E-state index in [1.807, 2.05) is 12.1 Å². The van der Waals surface area contributed by atoms with Crippen molar-refractivity contribution >= 4 is 30.2 Å². The van der Waals surface area contributed by atoms with Gasteiger partial charge in [-0.1, -0.05) is 84.2 Å². The molecule has 0 aliphatic rings. The predicted octanol–water partition coefficient (Wildman–Crippen LogP) is 4.22. The van der Waals surface area contributed by atoms with Gasteiger partial charge in [0.1, 0.15) is 0 Å². The zero-order chi connectivity index (χ0) is 15.0. The average molecular weight is 311 g/mol. The minimum atomic E-state index is -1.69. The van der Waals surface area contributed by atoms with Gasteiger partial charge in [0, 0.05) is 0 Å². The van der Waals surface area contributed by atoms with Gasteiger partial charge in [0.15, 0.2) is 18.1 Å². The van der Waals surface area contributed by atoms with Gasteiger partial charge in [-0.15, -0.1) is 0 Å². The molecule has 0 aliphatic heterocycles. The number of benzene rings is 2. The zero-order valence-electron chi connectivity index (χ0n) is 12.7. The quantitative estimate of drug-likeness (QED) is 0.726. The Hall–Kier alpha value is -1.69. The Morgan fingerprint density at radius 1 is 0.810 bits per heavy atom. The zero-order valence-corrected chi connectivity index (χ0v) is 15.1. The van der Waals surface area contributed by atoms with E-state index < -0.39 is 18.1 Å². The number of rotatable bonds is 6. The van der Waals surface area contributed by atoms with Crippen LogP contribution in [0.2, 0.25) is 13.1 Å². The van der Waals surface area contributed by atoms with E-state index in [-0.39, 0.29) is 0 Å². The molecule has 0 saturated heterocycles. The van der Waals surface area contributed by atoms with E-state index in [1.165, 1.54) is 11.1 Å². The molecule has 0 aromatic heterocycles. The second-order valence-electron chi connectivity index (χ2n) is 5.47. The monoisotopic (exact) mass is 310 g/mol. The van der Waals surface area contributed by atoms with Crippen molar-refractivity contribution in [3.63, 3.8) is 0 Å². The van der Waals surface area contributed by atoms with Crippen LogP contribution in [0.4, 0.5) is 0 Å². The lowest BCUT2D eigenvalue weighted by Gasteiger charge is -2.18. The van der Waals surface area contributed by atoms with Gasteiger partial charge in [-0.25, -0.2) is 0 Å². The van der Waals surface area contributed by atoms with E-state index in [0.717, 1.165) is 0 Å². The number of hydrogen-bond donors (Lipinski definition) is 0. The van der Waals surface area contributed by atoms with Crippen molar-refractivity contribution in [1.29, 1.82) is 0 Å². The SMILES string of the molecule is C[Si](C)(C=Cc1ccccc1)O[SiH2]C=Cc1ccccc1. The second-order valence-corrected chi connectivity index (χ2v) is 11.0. The molecule has 0 unspecified atom stereocenters. The van der Waals surface area contributed by atoms with Gasteiger partial charge in [-0.05, 0) is 24.2 Å². The molecule has 0 aliphatic carbocycles.